The average molecular weight is 390 g/mol. The van der Waals surface area contributed by atoms with E-state index in [9.17, 15) is 0 Å². The van der Waals surface area contributed by atoms with Gasteiger partial charge in [-0.2, -0.15) is 0 Å². The van der Waals surface area contributed by atoms with Gasteiger partial charge in [-0.05, 0) is 72.8 Å². The van der Waals surface area contributed by atoms with Crippen LogP contribution in [0.5, 0.6) is 0 Å². The second-order valence-electron chi connectivity index (χ2n) is 9.68. The number of aromatic nitrogens is 2. The first kappa shape index (κ1) is 20.0. The van der Waals surface area contributed by atoms with Crippen LogP contribution in [0.2, 0.25) is 0 Å². The zero-order chi connectivity index (χ0) is 20.6. The quantitative estimate of drug-likeness (QED) is 0.496. The van der Waals surface area contributed by atoms with Crippen LogP contribution in [0.3, 0.4) is 0 Å². The molecule has 1 N–H and O–H groups in total. The Labute approximate surface area is 175 Å². The lowest BCUT2D eigenvalue weighted by Crippen LogP contribution is -2.29. The Morgan fingerprint density at radius 3 is 2.59 bits per heavy atom. The van der Waals surface area contributed by atoms with Crippen LogP contribution in [0.1, 0.15) is 71.0 Å². The van der Waals surface area contributed by atoms with Crippen molar-refractivity contribution in [1.29, 1.82) is 0 Å². The molecule has 1 aliphatic carbocycles. The molecule has 154 valence electrons. The molecule has 1 fully saturated rings. The number of hydrogen-bond donors (Lipinski definition) is 1. The fourth-order valence-electron chi connectivity index (χ4n) is 5.40. The summed E-state index contributed by atoms with van der Waals surface area (Å²) in [7, 11) is 0. The molecule has 3 heteroatoms. The molecule has 1 aliphatic rings. The highest BCUT2D eigenvalue weighted by molar-refractivity contribution is 5.80. The van der Waals surface area contributed by atoms with Gasteiger partial charge in [-0.25, -0.2) is 4.98 Å². The lowest BCUT2D eigenvalue weighted by molar-refractivity contribution is 0.140. The molecule has 0 unspecified atom stereocenters. The van der Waals surface area contributed by atoms with Crippen LogP contribution in [0.25, 0.3) is 11.0 Å². The number of benzene rings is 2. The van der Waals surface area contributed by atoms with E-state index in [4.69, 9.17) is 4.98 Å². The largest absolute Gasteiger partial charge is 0.325 e. The molecule has 0 radical (unpaired) electrons. The van der Waals surface area contributed by atoms with Gasteiger partial charge in [0.25, 0.3) is 0 Å². The van der Waals surface area contributed by atoms with Crippen molar-refractivity contribution in [3.05, 3.63) is 53.6 Å². The third-order valence-corrected chi connectivity index (χ3v) is 6.53. The van der Waals surface area contributed by atoms with Crippen molar-refractivity contribution in [3.8, 4) is 0 Å². The minimum atomic E-state index is 0.363. The maximum Gasteiger partial charge on any atom is 0.208 e. The Morgan fingerprint density at radius 1 is 1.07 bits per heavy atom. The maximum atomic E-state index is 5.03. The fourth-order valence-corrected chi connectivity index (χ4v) is 5.40. The monoisotopic (exact) mass is 389 g/mol. The van der Waals surface area contributed by atoms with Crippen LogP contribution >= 0.6 is 0 Å². The van der Waals surface area contributed by atoms with Crippen LogP contribution in [0, 0.1) is 11.3 Å². The number of rotatable bonds is 5. The van der Waals surface area contributed by atoms with Gasteiger partial charge in [0.2, 0.25) is 5.95 Å². The van der Waals surface area contributed by atoms with Crippen LogP contribution < -0.4 is 5.32 Å². The molecular weight excluding hydrogens is 354 g/mol. The van der Waals surface area contributed by atoms with Gasteiger partial charge in [-0.1, -0.05) is 58.9 Å². The summed E-state index contributed by atoms with van der Waals surface area (Å²) in [4.78, 5) is 5.03. The standard InChI is InChI=1S/C26H35N3/c1-6-19-12-13-22(20(7-2)15-19)27-25-28-23-10-8-9-11-24(23)29(25)21-14-18(3)16-26(4,5)17-21/h8-13,15,18,21H,6-7,14,16-17H2,1-5H3,(H,27,28)/t18-,21-/m0/s1. The number of para-hydroxylation sites is 2. The molecular formula is C26H35N3. The van der Waals surface area contributed by atoms with Crippen molar-refractivity contribution >= 4 is 22.7 Å². The number of aryl methyl sites for hydroxylation is 2. The highest BCUT2D eigenvalue weighted by atomic mass is 15.2. The molecule has 0 bridgehead atoms. The highest BCUT2D eigenvalue weighted by Gasteiger charge is 2.34. The number of hydrogen-bond acceptors (Lipinski definition) is 2. The van der Waals surface area contributed by atoms with E-state index in [1.165, 1.54) is 41.6 Å². The molecule has 4 rings (SSSR count). The Balaban J connectivity index is 1.78. The minimum Gasteiger partial charge on any atom is -0.325 e. The molecule has 0 spiro atoms. The van der Waals surface area contributed by atoms with E-state index in [-0.39, 0.29) is 0 Å². The number of fused-ring (bicyclic) bond motifs is 1. The summed E-state index contributed by atoms with van der Waals surface area (Å²) in [5.41, 5.74) is 6.62. The molecule has 1 heterocycles. The summed E-state index contributed by atoms with van der Waals surface area (Å²) in [5.74, 6) is 1.72. The SMILES string of the molecule is CCc1ccc(Nc2nc3ccccc3n2[C@H]2C[C@H](C)CC(C)(C)C2)c(CC)c1. The summed E-state index contributed by atoms with van der Waals surface area (Å²) in [6.07, 6.45) is 5.80. The highest BCUT2D eigenvalue weighted by Crippen LogP contribution is 2.46. The zero-order valence-electron chi connectivity index (χ0n) is 18.6. The molecule has 3 aromatic rings. The first-order chi connectivity index (χ1) is 13.9. The van der Waals surface area contributed by atoms with E-state index >= 15 is 0 Å². The van der Waals surface area contributed by atoms with E-state index in [0.29, 0.717) is 11.5 Å². The van der Waals surface area contributed by atoms with E-state index in [1.807, 2.05) is 0 Å². The normalized spacial score (nSPS) is 21.4. The van der Waals surface area contributed by atoms with Crippen LogP contribution in [0.4, 0.5) is 11.6 Å². The summed E-state index contributed by atoms with van der Waals surface area (Å²) in [6.45, 7) is 11.7. The Bertz CT molecular complexity index is 998. The molecule has 0 amide bonds. The van der Waals surface area contributed by atoms with Gasteiger partial charge < -0.3 is 9.88 Å². The number of imidazole rings is 1. The third-order valence-electron chi connectivity index (χ3n) is 6.53. The van der Waals surface area contributed by atoms with Gasteiger partial charge in [0.05, 0.1) is 11.0 Å². The molecule has 2 aromatic carbocycles. The molecule has 3 nitrogen and oxygen atoms in total. The van der Waals surface area contributed by atoms with Crippen molar-refractivity contribution in [3.63, 3.8) is 0 Å². The van der Waals surface area contributed by atoms with E-state index in [2.05, 4.69) is 87.0 Å². The van der Waals surface area contributed by atoms with Crippen molar-refractivity contribution in [2.75, 3.05) is 5.32 Å². The predicted octanol–water partition coefficient (Wildman–Crippen LogP) is 7.29. The van der Waals surface area contributed by atoms with Crippen molar-refractivity contribution < 1.29 is 0 Å². The number of nitrogens with one attached hydrogen (secondary N) is 1. The summed E-state index contributed by atoms with van der Waals surface area (Å²) in [6, 6.07) is 15.9. The average Bonchev–Trinajstić information content (AvgIpc) is 3.04. The van der Waals surface area contributed by atoms with Gasteiger partial charge in [-0.3, -0.25) is 0 Å². The number of nitrogens with zero attached hydrogens (tertiary/aromatic N) is 2. The van der Waals surface area contributed by atoms with Crippen molar-refractivity contribution in [2.24, 2.45) is 11.3 Å². The second kappa shape index (κ2) is 7.85. The van der Waals surface area contributed by atoms with Crippen LogP contribution in [-0.4, -0.2) is 9.55 Å². The first-order valence-corrected chi connectivity index (χ1v) is 11.3. The maximum absolute atomic E-state index is 5.03. The summed E-state index contributed by atoms with van der Waals surface area (Å²) >= 11 is 0. The summed E-state index contributed by atoms with van der Waals surface area (Å²) < 4.78 is 2.49. The second-order valence-corrected chi connectivity index (χ2v) is 9.68. The van der Waals surface area contributed by atoms with Crippen LogP contribution in [-0.2, 0) is 12.8 Å². The molecule has 1 saturated carbocycles. The first-order valence-electron chi connectivity index (χ1n) is 11.3. The van der Waals surface area contributed by atoms with Crippen molar-refractivity contribution in [2.45, 2.75) is 72.8 Å². The van der Waals surface area contributed by atoms with Crippen LogP contribution in [0.15, 0.2) is 42.5 Å². The lowest BCUT2D eigenvalue weighted by Gasteiger charge is -2.40. The molecule has 0 saturated heterocycles. The Morgan fingerprint density at radius 2 is 1.86 bits per heavy atom. The summed E-state index contributed by atoms with van der Waals surface area (Å²) in [5, 5.41) is 3.72. The molecule has 0 aliphatic heterocycles. The van der Waals surface area contributed by atoms with Gasteiger partial charge in [0.1, 0.15) is 0 Å². The van der Waals surface area contributed by atoms with E-state index < -0.39 is 0 Å². The molecule has 2 atom stereocenters. The number of anilines is 2. The molecule has 1 aromatic heterocycles. The van der Waals surface area contributed by atoms with Gasteiger partial charge in [-0.15, -0.1) is 0 Å². The van der Waals surface area contributed by atoms with E-state index in [0.717, 1.165) is 30.2 Å². The Kier molecular flexibility index (Phi) is 5.42. The smallest absolute Gasteiger partial charge is 0.208 e. The minimum absolute atomic E-state index is 0.363. The van der Waals surface area contributed by atoms with Gasteiger partial charge in [0.15, 0.2) is 0 Å². The van der Waals surface area contributed by atoms with Gasteiger partial charge >= 0.3 is 0 Å². The zero-order valence-corrected chi connectivity index (χ0v) is 18.6. The molecule has 29 heavy (non-hydrogen) atoms. The Hall–Kier alpha value is -2.29. The van der Waals surface area contributed by atoms with Crippen molar-refractivity contribution in [1.82, 2.24) is 9.55 Å². The third kappa shape index (κ3) is 4.05. The van der Waals surface area contributed by atoms with Gasteiger partial charge in [0, 0.05) is 11.7 Å². The predicted molar refractivity (Wildman–Crippen MR) is 124 cm³/mol. The van der Waals surface area contributed by atoms with E-state index in [1.54, 1.807) is 0 Å². The lowest BCUT2D eigenvalue weighted by atomic mass is 9.70. The topological polar surface area (TPSA) is 29.9 Å². The fraction of sp³-hybridized carbons (Fsp3) is 0.500.